The molecule has 0 unspecified atom stereocenters. The number of hydrogen-bond acceptors (Lipinski definition) is 3. The lowest BCUT2D eigenvalue weighted by Gasteiger charge is -2.26. The Hall–Kier alpha value is -5.74. The first-order chi connectivity index (χ1) is 24.2. The van der Waals surface area contributed by atoms with E-state index in [2.05, 4.69) is 181 Å². The first-order valence-corrected chi connectivity index (χ1v) is 18.2. The minimum absolute atomic E-state index is 1.13. The molecule has 10 rings (SSSR count). The molecule has 0 amide bonds. The van der Waals surface area contributed by atoms with Crippen molar-refractivity contribution >= 4 is 90.9 Å². The van der Waals surface area contributed by atoms with Crippen LogP contribution in [0.2, 0.25) is 0 Å². The highest BCUT2D eigenvalue weighted by molar-refractivity contribution is 7.26. The van der Waals surface area contributed by atoms with Gasteiger partial charge in [-0.1, -0.05) is 103 Å². The molecule has 3 heteroatoms. The normalized spacial score (nSPS) is 11.7. The lowest BCUT2D eigenvalue weighted by molar-refractivity contribution is 1.30. The third kappa shape index (κ3) is 4.90. The van der Waals surface area contributed by atoms with Crippen LogP contribution >= 0.6 is 22.7 Å². The summed E-state index contributed by atoms with van der Waals surface area (Å²) in [6, 6.07) is 64.6. The highest BCUT2D eigenvalue weighted by atomic mass is 32.1. The molecule has 0 saturated carbocycles. The number of thiophene rings is 2. The van der Waals surface area contributed by atoms with Gasteiger partial charge in [0.25, 0.3) is 0 Å². The summed E-state index contributed by atoms with van der Waals surface area (Å²) in [6.45, 7) is 0. The van der Waals surface area contributed by atoms with Gasteiger partial charge >= 0.3 is 0 Å². The van der Waals surface area contributed by atoms with Gasteiger partial charge in [-0.25, -0.2) is 0 Å². The molecule has 0 radical (unpaired) electrons. The van der Waals surface area contributed by atoms with Gasteiger partial charge in [-0.3, -0.25) is 0 Å². The third-order valence-electron chi connectivity index (χ3n) is 9.64. The van der Waals surface area contributed by atoms with E-state index in [9.17, 15) is 0 Å². The van der Waals surface area contributed by atoms with E-state index in [4.69, 9.17) is 0 Å². The van der Waals surface area contributed by atoms with E-state index in [-0.39, 0.29) is 0 Å². The van der Waals surface area contributed by atoms with Crippen LogP contribution in [0.3, 0.4) is 0 Å². The first kappa shape index (κ1) is 28.3. The number of fused-ring (bicyclic) bond motifs is 7. The van der Waals surface area contributed by atoms with Crippen LogP contribution in [0, 0.1) is 0 Å². The van der Waals surface area contributed by atoms with Gasteiger partial charge in [-0.15, -0.1) is 22.7 Å². The third-order valence-corrected chi connectivity index (χ3v) is 11.9. The van der Waals surface area contributed by atoms with Gasteiger partial charge in [0.1, 0.15) is 0 Å². The van der Waals surface area contributed by atoms with Gasteiger partial charge in [0, 0.05) is 57.4 Å². The average Bonchev–Trinajstić information content (AvgIpc) is 3.73. The van der Waals surface area contributed by atoms with Crippen molar-refractivity contribution in [2.75, 3.05) is 4.90 Å². The standard InChI is InChI=1S/C46H29NS2/c1-2-9-32-27-35(17-16-30(32)8-1)34-11-7-10-33(26-34)31-18-20-36(21-19-31)47(37-22-24-45-41(28-37)39-12-3-5-14-43(39)48-45)38-23-25-46-42(29-38)40-13-4-6-15-44(40)49-46/h1-29H. The minimum atomic E-state index is 1.13. The summed E-state index contributed by atoms with van der Waals surface area (Å²) in [4.78, 5) is 2.41. The number of nitrogens with zero attached hydrogens (tertiary/aromatic N) is 1. The maximum Gasteiger partial charge on any atom is 0.0468 e. The number of anilines is 3. The Morgan fingerprint density at radius 3 is 1.43 bits per heavy atom. The van der Waals surface area contributed by atoms with Crippen LogP contribution in [0.5, 0.6) is 0 Å². The molecule has 0 atom stereocenters. The highest BCUT2D eigenvalue weighted by Crippen LogP contribution is 2.43. The molecule has 230 valence electrons. The predicted octanol–water partition coefficient (Wildman–Crippen LogP) is 14.4. The van der Waals surface area contributed by atoms with Crippen LogP contribution in [-0.2, 0) is 0 Å². The Bertz CT molecular complexity index is 2730. The van der Waals surface area contributed by atoms with Crippen molar-refractivity contribution in [3.63, 3.8) is 0 Å². The molecular formula is C46H29NS2. The average molecular weight is 660 g/mol. The highest BCUT2D eigenvalue weighted by Gasteiger charge is 2.17. The van der Waals surface area contributed by atoms with Crippen molar-refractivity contribution in [3.8, 4) is 22.3 Å². The summed E-state index contributed by atoms with van der Waals surface area (Å²) < 4.78 is 5.27. The molecule has 0 aliphatic rings. The zero-order chi connectivity index (χ0) is 32.3. The molecule has 0 saturated heterocycles. The molecule has 1 nitrogen and oxygen atoms in total. The molecule has 0 aliphatic heterocycles. The molecule has 49 heavy (non-hydrogen) atoms. The van der Waals surface area contributed by atoms with Crippen molar-refractivity contribution in [2.45, 2.75) is 0 Å². The second kappa shape index (κ2) is 11.5. The monoisotopic (exact) mass is 659 g/mol. The smallest absolute Gasteiger partial charge is 0.0468 e. The molecule has 0 fully saturated rings. The lowest BCUT2D eigenvalue weighted by atomic mass is 9.97. The quantitative estimate of drug-likeness (QED) is 0.178. The Labute approximate surface area is 292 Å². The summed E-state index contributed by atoms with van der Waals surface area (Å²) in [5.41, 5.74) is 8.30. The van der Waals surface area contributed by atoms with Crippen molar-refractivity contribution in [1.29, 1.82) is 0 Å². The van der Waals surface area contributed by atoms with Gasteiger partial charge in [-0.2, -0.15) is 0 Å². The lowest BCUT2D eigenvalue weighted by Crippen LogP contribution is -2.09. The van der Waals surface area contributed by atoms with Gasteiger partial charge in [0.05, 0.1) is 0 Å². The molecule has 0 N–H and O–H groups in total. The number of benzene rings is 8. The molecular weight excluding hydrogens is 631 g/mol. The van der Waals surface area contributed by atoms with Crippen molar-refractivity contribution in [1.82, 2.24) is 0 Å². The fourth-order valence-electron chi connectivity index (χ4n) is 7.20. The summed E-state index contributed by atoms with van der Waals surface area (Å²) in [6.07, 6.45) is 0. The fourth-order valence-corrected chi connectivity index (χ4v) is 9.38. The van der Waals surface area contributed by atoms with Crippen LogP contribution < -0.4 is 4.90 Å². The van der Waals surface area contributed by atoms with Crippen molar-refractivity contribution in [3.05, 3.63) is 176 Å². The zero-order valence-electron chi connectivity index (χ0n) is 26.5. The fraction of sp³-hybridized carbons (Fsp3) is 0. The molecule has 10 aromatic rings. The van der Waals surface area contributed by atoms with Crippen LogP contribution in [0.1, 0.15) is 0 Å². The Morgan fingerprint density at radius 2 is 0.776 bits per heavy atom. The molecule has 2 heterocycles. The van der Waals surface area contributed by atoms with E-state index in [0.29, 0.717) is 0 Å². The van der Waals surface area contributed by atoms with E-state index in [1.807, 2.05) is 22.7 Å². The molecule has 0 aliphatic carbocycles. The summed E-state index contributed by atoms with van der Waals surface area (Å²) in [7, 11) is 0. The van der Waals surface area contributed by atoms with Crippen LogP contribution in [0.15, 0.2) is 176 Å². The zero-order valence-corrected chi connectivity index (χ0v) is 28.1. The minimum Gasteiger partial charge on any atom is -0.310 e. The van der Waals surface area contributed by atoms with E-state index < -0.39 is 0 Å². The molecule has 8 aromatic carbocycles. The Morgan fingerprint density at radius 1 is 0.286 bits per heavy atom. The van der Waals surface area contributed by atoms with Gasteiger partial charge in [0.15, 0.2) is 0 Å². The summed E-state index contributed by atoms with van der Waals surface area (Å²) in [5, 5.41) is 7.74. The maximum atomic E-state index is 2.41. The number of rotatable bonds is 5. The van der Waals surface area contributed by atoms with Crippen molar-refractivity contribution < 1.29 is 0 Å². The van der Waals surface area contributed by atoms with Crippen molar-refractivity contribution in [2.24, 2.45) is 0 Å². The van der Waals surface area contributed by atoms with Crippen LogP contribution in [0.25, 0.3) is 73.4 Å². The molecule has 0 bridgehead atoms. The first-order valence-electron chi connectivity index (χ1n) is 16.6. The van der Waals surface area contributed by atoms with E-state index in [0.717, 1.165) is 17.1 Å². The largest absolute Gasteiger partial charge is 0.310 e. The predicted molar refractivity (Wildman–Crippen MR) is 215 cm³/mol. The topological polar surface area (TPSA) is 3.24 Å². The SMILES string of the molecule is c1cc(-c2ccc(N(c3ccc4sc5ccccc5c4c3)c3ccc4sc5ccccc5c4c3)cc2)cc(-c2ccc3ccccc3c2)c1. The summed E-state index contributed by atoms with van der Waals surface area (Å²) in [5.74, 6) is 0. The Kier molecular flexibility index (Phi) is 6.61. The summed E-state index contributed by atoms with van der Waals surface area (Å²) >= 11 is 3.72. The Balaban J connectivity index is 1.09. The second-order valence-corrected chi connectivity index (χ2v) is 14.7. The second-order valence-electron chi connectivity index (χ2n) is 12.6. The molecule has 2 aromatic heterocycles. The van der Waals surface area contributed by atoms with Crippen LogP contribution in [0.4, 0.5) is 17.1 Å². The van der Waals surface area contributed by atoms with E-state index >= 15 is 0 Å². The van der Waals surface area contributed by atoms with Crippen LogP contribution in [-0.4, -0.2) is 0 Å². The molecule has 0 spiro atoms. The number of hydrogen-bond donors (Lipinski definition) is 0. The van der Waals surface area contributed by atoms with E-state index in [1.165, 1.54) is 73.4 Å². The van der Waals surface area contributed by atoms with Gasteiger partial charge in [0.2, 0.25) is 0 Å². The van der Waals surface area contributed by atoms with Gasteiger partial charge in [-0.05, 0) is 106 Å². The maximum absolute atomic E-state index is 2.41. The van der Waals surface area contributed by atoms with Gasteiger partial charge < -0.3 is 4.90 Å². The van der Waals surface area contributed by atoms with E-state index in [1.54, 1.807) is 0 Å².